The van der Waals surface area contributed by atoms with Gasteiger partial charge >= 0.3 is 0 Å². The lowest BCUT2D eigenvalue weighted by Gasteiger charge is -2.32. The molecule has 0 unspecified atom stereocenters. The minimum absolute atomic E-state index is 0.276. The van der Waals surface area contributed by atoms with Crippen LogP contribution in [0.5, 0.6) is 0 Å². The smallest absolute Gasteiger partial charge is 0.252 e. The summed E-state index contributed by atoms with van der Waals surface area (Å²) >= 11 is 6.95. The van der Waals surface area contributed by atoms with E-state index in [9.17, 15) is 8.42 Å². The maximum Gasteiger partial charge on any atom is 0.252 e. The molecule has 8 nitrogen and oxygen atoms in total. The Morgan fingerprint density at radius 3 is 2.50 bits per heavy atom. The molecule has 4 heterocycles. The molecular formula is C17H19ClN4O4S2. The first-order valence-corrected chi connectivity index (χ1v) is 11.3. The molecule has 0 aromatic carbocycles. The van der Waals surface area contributed by atoms with Crippen LogP contribution in [0, 0.1) is 13.8 Å². The highest BCUT2D eigenvalue weighted by atomic mass is 35.5. The minimum atomic E-state index is -3.49. The van der Waals surface area contributed by atoms with E-state index in [1.54, 1.807) is 12.1 Å². The quantitative estimate of drug-likeness (QED) is 0.599. The molecule has 0 bridgehead atoms. The van der Waals surface area contributed by atoms with Crippen molar-refractivity contribution in [1.82, 2.24) is 19.4 Å². The highest BCUT2D eigenvalue weighted by Gasteiger charge is 2.30. The van der Waals surface area contributed by atoms with E-state index in [4.69, 9.17) is 20.4 Å². The van der Waals surface area contributed by atoms with Crippen LogP contribution in [0.15, 0.2) is 31.2 Å². The first-order valence-electron chi connectivity index (χ1n) is 8.70. The zero-order valence-electron chi connectivity index (χ0n) is 15.4. The Labute approximate surface area is 171 Å². The second-order valence-electron chi connectivity index (χ2n) is 6.57. The van der Waals surface area contributed by atoms with Gasteiger partial charge in [0.15, 0.2) is 0 Å². The fourth-order valence-corrected chi connectivity index (χ4v) is 6.21. The van der Waals surface area contributed by atoms with E-state index in [0.717, 1.165) is 28.4 Å². The van der Waals surface area contributed by atoms with Crippen LogP contribution in [-0.2, 0) is 16.6 Å². The lowest BCUT2D eigenvalue weighted by Crippen LogP contribution is -2.48. The first kappa shape index (κ1) is 19.6. The van der Waals surface area contributed by atoms with Crippen molar-refractivity contribution in [2.75, 3.05) is 26.2 Å². The maximum atomic E-state index is 12.7. The van der Waals surface area contributed by atoms with Crippen LogP contribution >= 0.6 is 22.9 Å². The molecule has 0 atom stereocenters. The summed E-state index contributed by atoms with van der Waals surface area (Å²) in [4.78, 5) is 2.10. The van der Waals surface area contributed by atoms with Crippen LogP contribution in [0.4, 0.5) is 0 Å². The predicted molar refractivity (Wildman–Crippen MR) is 105 cm³/mol. The number of thiophene rings is 1. The number of piperazine rings is 1. The molecule has 28 heavy (non-hydrogen) atoms. The Morgan fingerprint density at radius 2 is 1.89 bits per heavy atom. The molecule has 0 radical (unpaired) electrons. The average Bonchev–Trinajstić information content (AvgIpc) is 3.36. The standard InChI is InChI=1S/C17H19ClN4O4S2/c1-11-9-13(12(2)25-11)17-20-19-15(26-17)10-21-5-7-22(8-6-21)28(23,24)16-4-3-14(18)27-16/h3-4,9H,5-8,10H2,1-2H3. The number of hydrogen-bond acceptors (Lipinski definition) is 8. The second-order valence-corrected chi connectivity index (χ2v) is 10.4. The molecule has 1 saturated heterocycles. The number of furan rings is 1. The van der Waals surface area contributed by atoms with Crippen molar-refractivity contribution in [3.63, 3.8) is 0 Å². The molecule has 0 amide bonds. The maximum absolute atomic E-state index is 12.7. The van der Waals surface area contributed by atoms with E-state index in [1.165, 1.54) is 4.31 Å². The van der Waals surface area contributed by atoms with E-state index < -0.39 is 10.0 Å². The molecule has 3 aromatic heterocycles. The van der Waals surface area contributed by atoms with Crippen molar-refractivity contribution in [2.24, 2.45) is 0 Å². The van der Waals surface area contributed by atoms with Crippen molar-refractivity contribution in [3.05, 3.63) is 39.9 Å². The van der Waals surface area contributed by atoms with Crippen molar-refractivity contribution >= 4 is 33.0 Å². The van der Waals surface area contributed by atoms with Gasteiger partial charge in [-0.25, -0.2) is 8.42 Å². The summed E-state index contributed by atoms with van der Waals surface area (Å²) in [7, 11) is -3.49. The molecule has 0 aliphatic carbocycles. The molecule has 1 aliphatic rings. The van der Waals surface area contributed by atoms with Gasteiger partial charge in [0.25, 0.3) is 15.9 Å². The third kappa shape index (κ3) is 3.87. The zero-order valence-corrected chi connectivity index (χ0v) is 17.8. The van der Waals surface area contributed by atoms with Gasteiger partial charge in [-0.3, -0.25) is 4.90 Å². The molecular weight excluding hydrogens is 424 g/mol. The Kier molecular flexibility index (Phi) is 5.32. The van der Waals surface area contributed by atoms with E-state index in [-0.39, 0.29) is 4.21 Å². The third-order valence-electron chi connectivity index (χ3n) is 4.57. The van der Waals surface area contributed by atoms with Crippen molar-refractivity contribution < 1.29 is 17.3 Å². The Hall–Kier alpha value is -1.72. The Bertz CT molecular complexity index is 1080. The van der Waals surface area contributed by atoms with E-state index in [0.29, 0.717) is 48.8 Å². The molecule has 150 valence electrons. The van der Waals surface area contributed by atoms with Crippen molar-refractivity contribution in [3.8, 4) is 11.5 Å². The summed E-state index contributed by atoms with van der Waals surface area (Å²) in [5.74, 6) is 2.45. The normalized spacial score (nSPS) is 16.7. The average molecular weight is 443 g/mol. The lowest BCUT2D eigenvalue weighted by atomic mass is 10.2. The van der Waals surface area contributed by atoms with E-state index >= 15 is 0 Å². The monoisotopic (exact) mass is 442 g/mol. The van der Waals surface area contributed by atoms with Crippen LogP contribution in [-0.4, -0.2) is 54.0 Å². The van der Waals surface area contributed by atoms with E-state index in [2.05, 4.69) is 15.1 Å². The van der Waals surface area contributed by atoms with Gasteiger partial charge in [-0.05, 0) is 32.0 Å². The molecule has 1 fully saturated rings. The number of rotatable bonds is 5. The summed E-state index contributed by atoms with van der Waals surface area (Å²) < 4.78 is 38.8. The highest BCUT2D eigenvalue weighted by molar-refractivity contribution is 7.91. The summed E-state index contributed by atoms with van der Waals surface area (Å²) in [6.07, 6.45) is 0. The molecule has 0 spiro atoms. The van der Waals surface area contributed by atoms with Crippen LogP contribution in [0.3, 0.4) is 0 Å². The third-order valence-corrected chi connectivity index (χ3v) is 8.17. The van der Waals surface area contributed by atoms with Gasteiger partial charge < -0.3 is 8.83 Å². The topological polar surface area (TPSA) is 92.7 Å². The molecule has 4 rings (SSSR count). The second kappa shape index (κ2) is 7.60. The van der Waals surface area contributed by atoms with Crippen LogP contribution in [0.2, 0.25) is 4.34 Å². The molecule has 1 aliphatic heterocycles. The highest BCUT2D eigenvalue weighted by Crippen LogP contribution is 2.29. The number of halogens is 1. The minimum Gasteiger partial charge on any atom is -0.466 e. The summed E-state index contributed by atoms with van der Waals surface area (Å²) in [6, 6.07) is 5.02. The van der Waals surface area contributed by atoms with Crippen LogP contribution in [0.1, 0.15) is 17.4 Å². The van der Waals surface area contributed by atoms with Crippen LogP contribution in [0.25, 0.3) is 11.5 Å². The molecule has 0 N–H and O–H groups in total. The van der Waals surface area contributed by atoms with Gasteiger partial charge in [-0.2, -0.15) is 4.31 Å². The molecule has 11 heteroatoms. The first-order chi connectivity index (χ1) is 13.3. The zero-order chi connectivity index (χ0) is 19.9. The Morgan fingerprint density at radius 1 is 1.14 bits per heavy atom. The predicted octanol–water partition coefficient (Wildman–Crippen LogP) is 3.17. The van der Waals surface area contributed by atoms with Crippen LogP contribution < -0.4 is 0 Å². The largest absolute Gasteiger partial charge is 0.466 e. The number of sulfonamides is 1. The summed E-state index contributed by atoms with van der Waals surface area (Å²) in [5.41, 5.74) is 0.793. The van der Waals surface area contributed by atoms with Gasteiger partial charge in [0.2, 0.25) is 5.89 Å². The van der Waals surface area contributed by atoms with Crippen molar-refractivity contribution in [1.29, 1.82) is 0 Å². The number of nitrogens with zero attached hydrogens (tertiary/aromatic N) is 4. The molecule has 0 saturated carbocycles. The number of hydrogen-bond donors (Lipinski definition) is 0. The summed E-state index contributed by atoms with van der Waals surface area (Å²) in [5, 5.41) is 8.21. The fraction of sp³-hybridized carbons (Fsp3) is 0.412. The summed E-state index contributed by atoms with van der Waals surface area (Å²) in [6.45, 7) is 6.16. The van der Waals surface area contributed by atoms with Gasteiger partial charge in [0.05, 0.1) is 16.4 Å². The van der Waals surface area contributed by atoms with Gasteiger partial charge in [0, 0.05) is 26.2 Å². The van der Waals surface area contributed by atoms with Gasteiger partial charge in [-0.15, -0.1) is 21.5 Å². The van der Waals surface area contributed by atoms with Gasteiger partial charge in [-0.1, -0.05) is 11.6 Å². The van der Waals surface area contributed by atoms with Crippen molar-refractivity contribution in [2.45, 2.75) is 24.6 Å². The Balaban J connectivity index is 1.38. The number of aromatic nitrogens is 2. The lowest BCUT2D eigenvalue weighted by molar-refractivity contribution is 0.169. The van der Waals surface area contributed by atoms with Gasteiger partial charge in [0.1, 0.15) is 15.7 Å². The number of aryl methyl sites for hydroxylation is 2. The van der Waals surface area contributed by atoms with E-state index in [1.807, 2.05) is 19.9 Å². The SMILES string of the molecule is Cc1cc(-c2nnc(CN3CCN(S(=O)(=O)c4ccc(Cl)s4)CC3)o2)c(C)o1. The molecule has 3 aromatic rings. The fourth-order valence-electron chi connectivity index (χ4n) is 3.15.